The van der Waals surface area contributed by atoms with Crippen LogP contribution in [0.5, 0.6) is 11.5 Å². The molecule has 0 radical (unpaired) electrons. The van der Waals surface area contributed by atoms with E-state index in [1.165, 1.54) is 0 Å². The van der Waals surface area contributed by atoms with Crippen molar-refractivity contribution in [2.75, 3.05) is 0 Å². The summed E-state index contributed by atoms with van der Waals surface area (Å²) in [5.41, 5.74) is 3.23. The fourth-order valence-corrected chi connectivity index (χ4v) is 6.34. The highest BCUT2D eigenvalue weighted by atomic mass is 35.5. The minimum atomic E-state index is -1.18. The molecule has 6 nitrogen and oxygen atoms in total. The molecule has 4 atom stereocenters. The molecule has 0 fully saturated rings. The lowest BCUT2D eigenvalue weighted by Gasteiger charge is -2.30. The molecular formula is C38H30Cl4N2O4. The highest BCUT2D eigenvalue weighted by Crippen LogP contribution is 2.45. The first-order valence-electron chi connectivity index (χ1n) is 15.0. The molecule has 6 aromatic rings. The van der Waals surface area contributed by atoms with Gasteiger partial charge in [0.2, 0.25) is 0 Å². The molecule has 6 rings (SSSR count). The van der Waals surface area contributed by atoms with Crippen molar-refractivity contribution in [2.24, 2.45) is 0 Å². The van der Waals surface area contributed by atoms with E-state index in [4.69, 9.17) is 46.4 Å². The topological polar surface area (TPSA) is 105 Å². The Bertz CT molecular complexity index is 1880. The van der Waals surface area contributed by atoms with E-state index in [1.807, 2.05) is 0 Å². The fraction of sp³-hybridized carbons (Fsp3) is 0.105. The summed E-state index contributed by atoms with van der Waals surface area (Å²) in [6, 6.07) is 32.7. The van der Waals surface area contributed by atoms with Crippen LogP contribution in [0.15, 0.2) is 121 Å². The Morgan fingerprint density at radius 3 is 1.00 bits per heavy atom. The van der Waals surface area contributed by atoms with Gasteiger partial charge in [-0.3, -0.25) is 10.6 Å². The van der Waals surface area contributed by atoms with Gasteiger partial charge >= 0.3 is 0 Å². The van der Waals surface area contributed by atoms with Gasteiger partial charge < -0.3 is 20.4 Å². The summed E-state index contributed by atoms with van der Waals surface area (Å²) < 4.78 is 0. The Kier molecular flexibility index (Phi) is 10.5. The van der Waals surface area contributed by atoms with Gasteiger partial charge in [-0.15, -0.1) is 0 Å². The van der Waals surface area contributed by atoms with Gasteiger partial charge in [-0.25, -0.2) is 0 Å². The van der Waals surface area contributed by atoms with Gasteiger partial charge in [-0.05, 0) is 93.7 Å². The summed E-state index contributed by atoms with van der Waals surface area (Å²) in [5, 5.41) is 56.0. The van der Waals surface area contributed by atoms with E-state index in [1.54, 1.807) is 121 Å². The molecule has 48 heavy (non-hydrogen) atoms. The summed E-state index contributed by atoms with van der Waals surface area (Å²) in [4.78, 5) is 0. The first-order chi connectivity index (χ1) is 23.1. The third-order valence-corrected chi connectivity index (χ3v) is 9.23. The summed E-state index contributed by atoms with van der Waals surface area (Å²) in [7, 11) is 0. The Morgan fingerprint density at radius 1 is 0.396 bits per heavy atom. The number of rotatable bonds is 10. The van der Waals surface area contributed by atoms with E-state index in [0.717, 1.165) is 0 Å². The molecule has 0 aliphatic heterocycles. The van der Waals surface area contributed by atoms with E-state index < -0.39 is 24.5 Å². The summed E-state index contributed by atoms with van der Waals surface area (Å²) in [5.74, 6) is -0.170. The molecule has 0 saturated carbocycles. The summed E-state index contributed by atoms with van der Waals surface area (Å²) in [6.45, 7) is 0. The van der Waals surface area contributed by atoms with Gasteiger partial charge in [0.15, 0.2) is 0 Å². The molecule has 0 saturated heterocycles. The SMILES string of the molecule is Oc1ccc2ccc(O)c(C(NC(O)c3ccc(Cl)cc3)c3ccc(Cl)cc3)c2c1C(NC(O)c1ccc(Cl)cc1)c1ccc(Cl)cc1. The van der Waals surface area contributed by atoms with E-state index in [9.17, 15) is 20.4 Å². The van der Waals surface area contributed by atoms with Crippen molar-refractivity contribution in [1.82, 2.24) is 10.6 Å². The van der Waals surface area contributed by atoms with Crippen LogP contribution in [0.25, 0.3) is 10.8 Å². The molecule has 0 heterocycles. The number of aliphatic hydroxyl groups excluding tert-OH is 2. The van der Waals surface area contributed by atoms with Crippen LogP contribution in [-0.4, -0.2) is 20.4 Å². The van der Waals surface area contributed by atoms with Crippen LogP contribution in [0.2, 0.25) is 20.1 Å². The lowest BCUT2D eigenvalue weighted by molar-refractivity contribution is 0.128. The van der Waals surface area contributed by atoms with Gasteiger partial charge in [0.05, 0.1) is 12.1 Å². The van der Waals surface area contributed by atoms with Crippen molar-refractivity contribution in [3.63, 3.8) is 0 Å². The number of halogens is 4. The van der Waals surface area contributed by atoms with Gasteiger partial charge in [-0.1, -0.05) is 107 Å². The average Bonchev–Trinajstić information content (AvgIpc) is 3.08. The summed E-state index contributed by atoms with van der Waals surface area (Å²) in [6.07, 6.45) is -2.37. The monoisotopic (exact) mass is 718 g/mol. The smallest absolute Gasteiger partial charge is 0.131 e. The Labute approximate surface area is 297 Å². The maximum atomic E-state index is 11.7. The molecule has 0 spiro atoms. The highest BCUT2D eigenvalue weighted by molar-refractivity contribution is 6.31. The number of phenols is 2. The number of nitrogens with one attached hydrogen (secondary N) is 2. The zero-order valence-corrected chi connectivity index (χ0v) is 28.2. The van der Waals surface area contributed by atoms with E-state index >= 15 is 0 Å². The van der Waals surface area contributed by atoms with Crippen LogP contribution in [0.3, 0.4) is 0 Å². The van der Waals surface area contributed by atoms with E-state index in [-0.39, 0.29) is 11.5 Å². The van der Waals surface area contributed by atoms with Crippen molar-refractivity contribution in [3.8, 4) is 11.5 Å². The minimum absolute atomic E-state index is 0.0850. The van der Waals surface area contributed by atoms with Crippen molar-refractivity contribution in [2.45, 2.75) is 24.5 Å². The van der Waals surface area contributed by atoms with Crippen LogP contribution >= 0.6 is 46.4 Å². The van der Waals surface area contributed by atoms with E-state index in [0.29, 0.717) is 64.2 Å². The first-order valence-corrected chi connectivity index (χ1v) is 16.5. The zero-order valence-electron chi connectivity index (χ0n) is 25.2. The van der Waals surface area contributed by atoms with Crippen LogP contribution in [0.1, 0.15) is 57.9 Å². The third kappa shape index (κ3) is 7.42. The van der Waals surface area contributed by atoms with Gasteiger partial charge in [0, 0.05) is 31.2 Å². The van der Waals surface area contributed by atoms with Crippen molar-refractivity contribution >= 4 is 57.2 Å². The number of aliphatic hydroxyl groups is 2. The molecule has 6 aromatic carbocycles. The number of benzene rings is 6. The van der Waals surface area contributed by atoms with Crippen LogP contribution in [0, 0.1) is 0 Å². The number of phenolic OH excluding ortho intramolecular Hbond substituents is 2. The lowest BCUT2D eigenvalue weighted by atomic mass is 9.85. The molecule has 4 unspecified atom stereocenters. The number of fused-ring (bicyclic) bond motifs is 1. The Morgan fingerprint density at radius 2 is 0.688 bits per heavy atom. The second kappa shape index (κ2) is 14.7. The average molecular weight is 720 g/mol. The van der Waals surface area contributed by atoms with Crippen molar-refractivity contribution in [1.29, 1.82) is 0 Å². The number of aromatic hydroxyl groups is 2. The minimum Gasteiger partial charge on any atom is -0.508 e. The molecule has 0 aromatic heterocycles. The second-order valence-electron chi connectivity index (χ2n) is 11.3. The molecule has 6 N–H and O–H groups in total. The predicted octanol–water partition coefficient (Wildman–Crippen LogP) is 9.60. The zero-order chi connectivity index (χ0) is 33.9. The van der Waals surface area contributed by atoms with Crippen LogP contribution in [-0.2, 0) is 0 Å². The lowest BCUT2D eigenvalue weighted by Crippen LogP contribution is -2.29. The van der Waals surface area contributed by atoms with Crippen LogP contribution in [0.4, 0.5) is 0 Å². The predicted molar refractivity (Wildman–Crippen MR) is 193 cm³/mol. The normalized spacial score (nSPS) is 14.0. The molecule has 244 valence electrons. The quantitative estimate of drug-likeness (QED) is 0.0788. The first kappa shape index (κ1) is 34.1. The molecule has 0 aliphatic carbocycles. The second-order valence-corrected chi connectivity index (χ2v) is 13.1. The van der Waals surface area contributed by atoms with Gasteiger partial charge in [-0.2, -0.15) is 0 Å². The standard InChI is InChI=1S/C38H30Cl4N2O4/c39-26-11-1-22(2-12-26)35(43-37(47)24-5-15-28(41)16-6-24)33-30(45)19-9-21-10-20-31(46)34(32(21)33)36(23-3-13-27(40)14-4-23)44-38(48)25-7-17-29(42)18-8-25/h1-20,35-38,43-48H. The maximum Gasteiger partial charge on any atom is 0.131 e. The summed E-state index contributed by atoms with van der Waals surface area (Å²) >= 11 is 24.8. The largest absolute Gasteiger partial charge is 0.508 e. The number of hydrogen-bond donors (Lipinski definition) is 6. The third-order valence-electron chi connectivity index (χ3n) is 8.23. The fourth-order valence-electron chi connectivity index (χ4n) is 5.84. The highest BCUT2D eigenvalue weighted by Gasteiger charge is 2.30. The van der Waals surface area contributed by atoms with E-state index in [2.05, 4.69) is 10.6 Å². The molecule has 0 aliphatic rings. The molecule has 10 heteroatoms. The maximum absolute atomic E-state index is 11.7. The van der Waals surface area contributed by atoms with Gasteiger partial charge in [0.25, 0.3) is 0 Å². The molecule has 0 amide bonds. The molecule has 0 bridgehead atoms. The van der Waals surface area contributed by atoms with Crippen molar-refractivity contribution in [3.05, 3.63) is 175 Å². The van der Waals surface area contributed by atoms with Gasteiger partial charge in [0.1, 0.15) is 24.0 Å². The van der Waals surface area contributed by atoms with Crippen molar-refractivity contribution < 1.29 is 20.4 Å². The number of hydrogen-bond acceptors (Lipinski definition) is 6. The Hall–Kier alpha value is -3.82. The van der Waals surface area contributed by atoms with Crippen LogP contribution < -0.4 is 10.6 Å². The Balaban J connectivity index is 1.57. The molecular weight excluding hydrogens is 690 g/mol.